The van der Waals surface area contributed by atoms with Gasteiger partial charge in [-0.3, -0.25) is 14.2 Å². The van der Waals surface area contributed by atoms with Gasteiger partial charge in [-0.2, -0.15) is 5.10 Å². The summed E-state index contributed by atoms with van der Waals surface area (Å²) >= 11 is 3.25. The van der Waals surface area contributed by atoms with Crippen LogP contribution in [0.15, 0.2) is 38.3 Å². The molecule has 0 saturated carbocycles. The molecule has 0 spiro atoms. The van der Waals surface area contributed by atoms with Crippen LogP contribution in [-0.4, -0.2) is 30.2 Å². The van der Waals surface area contributed by atoms with Gasteiger partial charge >= 0.3 is 0 Å². The van der Waals surface area contributed by atoms with Crippen LogP contribution in [0.1, 0.15) is 5.89 Å². The predicted molar refractivity (Wildman–Crippen MR) is 97.8 cm³/mol. The number of carbonyl (C=O) groups is 1. The molecule has 0 saturated heterocycles. The van der Waals surface area contributed by atoms with Crippen LogP contribution in [0.4, 0.5) is 5.69 Å². The first kappa shape index (κ1) is 16.5. The monoisotopic (exact) mass is 416 g/mol. The van der Waals surface area contributed by atoms with E-state index in [0.717, 1.165) is 0 Å². The molecule has 4 rings (SSSR count). The molecule has 0 radical (unpaired) electrons. The molecule has 0 aliphatic carbocycles. The maximum absolute atomic E-state index is 12.6. The Morgan fingerprint density at radius 1 is 1.38 bits per heavy atom. The molecule has 10 heteroatoms. The third kappa shape index (κ3) is 2.77. The van der Waals surface area contributed by atoms with Gasteiger partial charge in [0, 0.05) is 25.7 Å². The zero-order valence-electron chi connectivity index (χ0n) is 13.9. The first-order valence-corrected chi connectivity index (χ1v) is 8.46. The number of nitrogens with zero attached hydrogens (tertiary/aromatic N) is 5. The van der Waals surface area contributed by atoms with Gasteiger partial charge in [0.15, 0.2) is 17.1 Å². The highest BCUT2D eigenvalue weighted by Crippen LogP contribution is 2.20. The Balaban J connectivity index is 1.59. The van der Waals surface area contributed by atoms with Gasteiger partial charge in [-0.05, 0) is 28.1 Å². The van der Waals surface area contributed by atoms with Crippen molar-refractivity contribution in [3.8, 4) is 0 Å². The van der Waals surface area contributed by atoms with Crippen molar-refractivity contribution in [1.29, 1.82) is 0 Å². The molecule has 0 fully saturated rings. The molecular weight excluding hydrogens is 404 g/mol. The lowest BCUT2D eigenvalue weighted by Crippen LogP contribution is -2.28. The van der Waals surface area contributed by atoms with Gasteiger partial charge in [-0.25, -0.2) is 14.6 Å². The summed E-state index contributed by atoms with van der Waals surface area (Å²) in [6.45, 7) is 1.58. The van der Waals surface area contributed by atoms with E-state index >= 15 is 0 Å². The quantitative estimate of drug-likeness (QED) is 0.546. The van der Waals surface area contributed by atoms with E-state index in [0.29, 0.717) is 38.3 Å². The average molecular weight is 417 g/mol. The lowest BCUT2D eigenvalue weighted by molar-refractivity contribution is -0.116. The summed E-state index contributed by atoms with van der Waals surface area (Å²) < 4.78 is 8.58. The van der Waals surface area contributed by atoms with Crippen LogP contribution in [0.5, 0.6) is 0 Å². The van der Waals surface area contributed by atoms with Gasteiger partial charge < -0.3 is 9.73 Å². The number of anilines is 1. The summed E-state index contributed by atoms with van der Waals surface area (Å²) in [6.07, 6.45) is 1.33. The number of rotatable bonds is 3. The Morgan fingerprint density at radius 3 is 3.00 bits per heavy atom. The van der Waals surface area contributed by atoms with Crippen LogP contribution in [0.3, 0.4) is 0 Å². The van der Waals surface area contributed by atoms with E-state index in [1.54, 1.807) is 32.2 Å². The Kier molecular flexibility index (Phi) is 3.83. The third-order valence-electron chi connectivity index (χ3n) is 3.86. The van der Waals surface area contributed by atoms with E-state index in [4.69, 9.17) is 4.42 Å². The van der Waals surface area contributed by atoms with Gasteiger partial charge in [-0.1, -0.05) is 0 Å². The molecule has 1 N–H and O–H groups in total. The fraction of sp³-hybridized carbons (Fsp3) is 0.188. The maximum Gasteiger partial charge on any atom is 0.266 e. The molecule has 1 amide bonds. The van der Waals surface area contributed by atoms with Crippen LogP contribution >= 0.6 is 15.9 Å². The van der Waals surface area contributed by atoms with Gasteiger partial charge in [0.1, 0.15) is 28.4 Å². The number of aryl methyl sites for hydroxylation is 2. The number of benzene rings is 1. The molecule has 3 aromatic heterocycles. The van der Waals surface area contributed by atoms with Crippen molar-refractivity contribution >= 4 is 49.7 Å². The van der Waals surface area contributed by atoms with Gasteiger partial charge in [-0.15, -0.1) is 0 Å². The number of hydrogen-bond donors (Lipinski definition) is 1. The highest BCUT2D eigenvalue weighted by Gasteiger charge is 2.15. The Hall–Kier alpha value is -3.01. The molecule has 9 nitrogen and oxygen atoms in total. The molecule has 0 unspecified atom stereocenters. The number of fused-ring (bicyclic) bond motifs is 2. The summed E-state index contributed by atoms with van der Waals surface area (Å²) in [6, 6.07) is 5.17. The first-order chi connectivity index (χ1) is 12.4. The predicted octanol–water partition coefficient (Wildman–Crippen LogP) is 1.98. The van der Waals surface area contributed by atoms with Crippen molar-refractivity contribution < 1.29 is 9.21 Å². The summed E-state index contributed by atoms with van der Waals surface area (Å²) in [5.41, 5.74) is 1.96. The van der Waals surface area contributed by atoms with E-state index in [-0.39, 0.29) is 18.0 Å². The molecule has 0 atom stereocenters. The van der Waals surface area contributed by atoms with E-state index in [2.05, 4.69) is 36.3 Å². The average Bonchev–Trinajstić information content (AvgIpc) is 3.08. The Bertz CT molecular complexity index is 1220. The fourth-order valence-electron chi connectivity index (χ4n) is 2.72. The number of halogens is 1. The summed E-state index contributed by atoms with van der Waals surface area (Å²) in [4.78, 5) is 33.3. The SMILES string of the molecule is Cc1nc2ccc(NC(=O)Cn3cnc4c(c(Br)nn4C)c3=O)cc2o1. The number of hydrogen-bond acceptors (Lipinski definition) is 6. The summed E-state index contributed by atoms with van der Waals surface area (Å²) in [5, 5.41) is 7.19. The summed E-state index contributed by atoms with van der Waals surface area (Å²) in [7, 11) is 1.69. The van der Waals surface area contributed by atoms with Gasteiger partial charge in [0.2, 0.25) is 5.91 Å². The minimum absolute atomic E-state index is 0.170. The number of nitrogens with one attached hydrogen (secondary N) is 1. The van der Waals surface area contributed by atoms with E-state index in [1.165, 1.54) is 15.6 Å². The van der Waals surface area contributed by atoms with Crippen LogP contribution in [0.25, 0.3) is 22.1 Å². The molecule has 0 aliphatic heterocycles. The van der Waals surface area contributed by atoms with Crippen molar-refractivity contribution in [1.82, 2.24) is 24.3 Å². The highest BCUT2D eigenvalue weighted by atomic mass is 79.9. The molecule has 26 heavy (non-hydrogen) atoms. The third-order valence-corrected chi connectivity index (χ3v) is 4.42. The smallest absolute Gasteiger partial charge is 0.266 e. The van der Waals surface area contributed by atoms with E-state index < -0.39 is 0 Å². The number of aromatic nitrogens is 5. The lowest BCUT2D eigenvalue weighted by Gasteiger charge is -2.07. The molecule has 4 aromatic rings. The molecule has 0 bridgehead atoms. The Labute approximate surface area is 154 Å². The molecule has 0 aliphatic rings. The maximum atomic E-state index is 12.6. The molecule has 3 heterocycles. The second-order valence-electron chi connectivity index (χ2n) is 5.75. The minimum Gasteiger partial charge on any atom is -0.441 e. The fourth-order valence-corrected chi connectivity index (χ4v) is 3.31. The zero-order chi connectivity index (χ0) is 18.4. The van der Waals surface area contributed by atoms with E-state index in [1.807, 2.05) is 0 Å². The van der Waals surface area contributed by atoms with Crippen molar-refractivity contribution in [2.24, 2.45) is 7.05 Å². The van der Waals surface area contributed by atoms with Crippen molar-refractivity contribution in [2.75, 3.05) is 5.32 Å². The lowest BCUT2D eigenvalue weighted by atomic mass is 10.3. The van der Waals surface area contributed by atoms with Crippen molar-refractivity contribution in [3.05, 3.63) is 45.4 Å². The minimum atomic E-state index is -0.358. The van der Waals surface area contributed by atoms with Crippen molar-refractivity contribution in [3.63, 3.8) is 0 Å². The number of oxazole rings is 1. The summed E-state index contributed by atoms with van der Waals surface area (Å²) in [5.74, 6) is 0.195. The van der Waals surface area contributed by atoms with Crippen LogP contribution in [0.2, 0.25) is 0 Å². The van der Waals surface area contributed by atoms with Crippen LogP contribution < -0.4 is 10.9 Å². The standard InChI is InChI=1S/C16H13BrN6O3/c1-8-19-10-4-3-9(5-11(10)26-8)20-12(24)6-23-7-18-15-13(16(23)25)14(17)21-22(15)2/h3-5,7H,6H2,1-2H3,(H,20,24). The Morgan fingerprint density at radius 2 is 2.19 bits per heavy atom. The van der Waals surface area contributed by atoms with Crippen LogP contribution in [-0.2, 0) is 18.4 Å². The number of carbonyl (C=O) groups excluding carboxylic acids is 1. The zero-order valence-corrected chi connectivity index (χ0v) is 15.4. The second kappa shape index (κ2) is 6.06. The second-order valence-corrected chi connectivity index (χ2v) is 6.51. The number of amides is 1. The largest absolute Gasteiger partial charge is 0.441 e. The normalized spacial score (nSPS) is 11.3. The molecule has 1 aromatic carbocycles. The highest BCUT2D eigenvalue weighted by molar-refractivity contribution is 9.10. The first-order valence-electron chi connectivity index (χ1n) is 7.67. The topological polar surface area (TPSA) is 108 Å². The molecular formula is C16H13BrN6O3. The van der Waals surface area contributed by atoms with Gasteiger partial charge in [0.25, 0.3) is 5.56 Å². The molecule has 132 valence electrons. The van der Waals surface area contributed by atoms with E-state index in [9.17, 15) is 9.59 Å². The van der Waals surface area contributed by atoms with Crippen molar-refractivity contribution in [2.45, 2.75) is 13.5 Å². The van der Waals surface area contributed by atoms with Gasteiger partial charge in [0.05, 0.1) is 0 Å². The van der Waals surface area contributed by atoms with Crippen LogP contribution in [0, 0.1) is 6.92 Å².